The maximum Gasteiger partial charge on any atom is 0.430 e. The molecule has 9 heteroatoms. The highest BCUT2D eigenvalue weighted by atomic mass is 31.2. The van der Waals surface area contributed by atoms with Crippen LogP contribution in [0.5, 0.6) is 5.75 Å². The third-order valence-electron chi connectivity index (χ3n) is 5.96. The van der Waals surface area contributed by atoms with Crippen LogP contribution < -0.4 is 4.67 Å². The molecule has 0 fully saturated rings. The molecule has 1 atom stereocenters. The van der Waals surface area contributed by atoms with Crippen molar-refractivity contribution in [3.8, 4) is 28.5 Å². The Hall–Kier alpha value is -2.64. The molecule has 0 saturated heterocycles. The van der Waals surface area contributed by atoms with Crippen molar-refractivity contribution in [2.75, 3.05) is 11.2 Å². The summed E-state index contributed by atoms with van der Waals surface area (Å²) in [4.78, 5) is 24.1. The second-order valence-electron chi connectivity index (χ2n) is 11.3. The number of anilines is 1. The Morgan fingerprint density at radius 1 is 0.972 bits per heavy atom. The van der Waals surface area contributed by atoms with Gasteiger partial charge >= 0.3 is 7.75 Å². The monoisotopic (exact) mass is 516 g/mol. The van der Waals surface area contributed by atoms with Crippen LogP contribution in [-0.4, -0.2) is 37.6 Å². The number of hydrogen-bond acceptors (Lipinski definition) is 5. The fourth-order valence-electron chi connectivity index (χ4n) is 4.09. The van der Waals surface area contributed by atoms with Gasteiger partial charge in [0.25, 0.3) is 0 Å². The summed E-state index contributed by atoms with van der Waals surface area (Å²) in [6, 6.07) is 10.4. The minimum atomic E-state index is -4.61. The van der Waals surface area contributed by atoms with Crippen LogP contribution in [0.25, 0.3) is 22.7 Å². The zero-order chi connectivity index (χ0) is 27.2. The van der Waals surface area contributed by atoms with E-state index in [0.29, 0.717) is 17.3 Å². The molecule has 0 amide bonds. The molecule has 2 aromatic carbocycles. The minimum absolute atomic E-state index is 0.205. The first-order valence-electron chi connectivity index (χ1n) is 11.9. The van der Waals surface area contributed by atoms with Crippen LogP contribution >= 0.6 is 7.75 Å². The first kappa shape index (κ1) is 27.9. The molecule has 3 aromatic rings. The lowest BCUT2D eigenvalue weighted by Crippen LogP contribution is -2.28. The van der Waals surface area contributed by atoms with E-state index in [1.807, 2.05) is 60.6 Å². The van der Waals surface area contributed by atoms with Gasteiger partial charge < -0.3 is 24.4 Å². The molecule has 0 aliphatic heterocycles. The van der Waals surface area contributed by atoms with Crippen LogP contribution in [0.3, 0.4) is 0 Å². The highest BCUT2D eigenvalue weighted by Crippen LogP contribution is 2.45. The lowest BCUT2D eigenvalue weighted by atomic mass is 9.78. The lowest BCUT2D eigenvalue weighted by molar-refractivity contribution is 0.201. The summed E-state index contributed by atoms with van der Waals surface area (Å²) in [7, 11) is -4.61. The van der Waals surface area contributed by atoms with E-state index in [2.05, 4.69) is 0 Å². The van der Waals surface area contributed by atoms with Crippen molar-refractivity contribution in [1.82, 2.24) is 4.98 Å². The number of benzene rings is 2. The number of phenolic OH excluding ortho intramolecular Hbond substituents is 1. The number of aliphatic hydroxyl groups excluding tert-OH is 1. The molecule has 196 valence electrons. The number of hydrogen-bond donors (Lipinski definition) is 4. The average molecular weight is 517 g/mol. The second-order valence-corrected chi connectivity index (χ2v) is 12.8. The Morgan fingerprint density at radius 2 is 1.47 bits per heavy atom. The number of oxazole rings is 1. The first-order valence-corrected chi connectivity index (χ1v) is 13.4. The van der Waals surface area contributed by atoms with Gasteiger partial charge in [-0.2, -0.15) is 0 Å². The zero-order valence-corrected chi connectivity index (χ0v) is 23.1. The summed E-state index contributed by atoms with van der Waals surface area (Å²) in [5.74, 6) is 1.30. The van der Waals surface area contributed by atoms with Crippen molar-refractivity contribution in [2.45, 2.75) is 72.3 Å². The Bertz CT molecular complexity index is 1240. The van der Waals surface area contributed by atoms with Gasteiger partial charge in [0.05, 0.1) is 12.6 Å². The number of aliphatic hydroxyl groups is 1. The fraction of sp³-hybridized carbons (Fsp3) is 0.444. The fourth-order valence-corrected chi connectivity index (χ4v) is 4.98. The van der Waals surface area contributed by atoms with E-state index in [0.717, 1.165) is 26.9 Å². The molecule has 1 unspecified atom stereocenters. The Balaban J connectivity index is 2.06. The Morgan fingerprint density at radius 3 is 1.89 bits per heavy atom. The molecule has 0 radical (unpaired) electrons. The number of nitrogens with zero attached hydrogens (tertiary/aromatic N) is 2. The van der Waals surface area contributed by atoms with Crippen LogP contribution in [0.2, 0.25) is 0 Å². The van der Waals surface area contributed by atoms with Gasteiger partial charge in [-0.15, -0.1) is 0 Å². The van der Waals surface area contributed by atoms with Crippen LogP contribution in [-0.2, 0) is 15.4 Å². The van der Waals surface area contributed by atoms with Crippen molar-refractivity contribution >= 4 is 13.4 Å². The predicted octanol–water partition coefficient (Wildman–Crippen LogP) is 5.90. The van der Waals surface area contributed by atoms with Crippen LogP contribution in [0.1, 0.15) is 65.4 Å². The van der Waals surface area contributed by atoms with Gasteiger partial charge in [0.1, 0.15) is 17.2 Å². The van der Waals surface area contributed by atoms with Crippen molar-refractivity contribution in [3.63, 3.8) is 0 Å². The SMILES string of the molecule is Cc1oc(-c2cc(C(C)(C)C)c(O)c(C(C)(C)C)c2)nc1-c1ccc(N(CC(C)O)P(=O)(O)O)cc1. The third-order valence-corrected chi connectivity index (χ3v) is 6.98. The van der Waals surface area contributed by atoms with E-state index in [9.17, 15) is 24.6 Å². The summed E-state index contributed by atoms with van der Waals surface area (Å²) >= 11 is 0. The van der Waals surface area contributed by atoms with Gasteiger partial charge in [0.15, 0.2) is 0 Å². The summed E-state index contributed by atoms with van der Waals surface area (Å²) in [6.45, 7) is 15.4. The van der Waals surface area contributed by atoms with E-state index >= 15 is 0 Å². The molecule has 0 saturated carbocycles. The van der Waals surface area contributed by atoms with Crippen LogP contribution in [0.15, 0.2) is 40.8 Å². The van der Waals surface area contributed by atoms with Gasteiger partial charge in [-0.3, -0.25) is 4.67 Å². The zero-order valence-electron chi connectivity index (χ0n) is 22.2. The molecule has 36 heavy (non-hydrogen) atoms. The van der Waals surface area contributed by atoms with E-state index in [1.54, 1.807) is 24.3 Å². The van der Waals surface area contributed by atoms with Gasteiger partial charge in [0.2, 0.25) is 5.89 Å². The Kier molecular flexibility index (Phi) is 7.51. The summed E-state index contributed by atoms with van der Waals surface area (Å²) in [5, 5.41) is 20.7. The average Bonchev–Trinajstić information content (AvgIpc) is 3.11. The van der Waals surface area contributed by atoms with Gasteiger partial charge in [0, 0.05) is 27.9 Å². The number of rotatable bonds is 6. The molecule has 0 spiro atoms. The lowest BCUT2D eigenvalue weighted by Gasteiger charge is -2.27. The van der Waals surface area contributed by atoms with Crippen molar-refractivity contribution in [2.24, 2.45) is 0 Å². The highest BCUT2D eigenvalue weighted by Gasteiger charge is 2.29. The van der Waals surface area contributed by atoms with E-state index < -0.39 is 13.9 Å². The summed E-state index contributed by atoms with van der Waals surface area (Å²) in [6.07, 6.45) is -0.918. The minimum Gasteiger partial charge on any atom is -0.507 e. The van der Waals surface area contributed by atoms with Crippen LogP contribution in [0.4, 0.5) is 5.69 Å². The topological polar surface area (TPSA) is 127 Å². The maximum atomic E-state index is 11.9. The van der Waals surface area contributed by atoms with Crippen molar-refractivity contribution < 1.29 is 29.0 Å². The molecule has 8 nitrogen and oxygen atoms in total. The van der Waals surface area contributed by atoms with Crippen LogP contribution in [0, 0.1) is 6.92 Å². The molecule has 1 heterocycles. The van der Waals surface area contributed by atoms with E-state index in [4.69, 9.17) is 9.40 Å². The van der Waals surface area contributed by atoms with Crippen molar-refractivity contribution in [3.05, 3.63) is 53.3 Å². The molecule has 0 aliphatic carbocycles. The predicted molar refractivity (Wildman–Crippen MR) is 142 cm³/mol. The molecule has 4 N–H and O–H groups in total. The van der Waals surface area contributed by atoms with Gasteiger partial charge in [-0.05, 0) is 48.9 Å². The van der Waals surface area contributed by atoms with E-state index in [1.165, 1.54) is 6.92 Å². The molecule has 0 bridgehead atoms. The first-order chi connectivity index (χ1) is 16.4. The number of phenols is 1. The Labute approximate surface area is 212 Å². The quantitative estimate of drug-likeness (QED) is 0.298. The normalized spacial score (nSPS) is 13.6. The number of aromatic nitrogens is 1. The number of aryl methyl sites for hydroxylation is 1. The standard InChI is InChI=1S/C27H37N2O6P/c1-16(30)15-29(36(32,33)34)20-11-9-18(10-12-20)23-17(2)35-25(28-23)19-13-21(26(3,4)5)24(31)22(14-19)27(6,7)8/h9-14,16,30-31H,15H2,1-8H3,(H2,32,33,34). The largest absolute Gasteiger partial charge is 0.507 e. The highest BCUT2D eigenvalue weighted by molar-refractivity contribution is 7.53. The smallest absolute Gasteiger partial charge is 0.430 e. The molecular formula is C27H37N2O6P. The summed E-state index contributed by atoms with van der Waals surface area (Å²) < 4.78 is 18.9. The molecule has 3 rings (SSSR count). The van der Waals surface area contributed by atoms with Crippen molar-refractivity contribution in [1.29, 1.82) is 0 Å². The molecular weight excluding hydrogens is 479 g/mol. The molecule has 1 aromatic heterocycles. The van der Waals surface area contributed by atoms with E-state index in [-0.39, 0.29) is 28.8 Å². The van der Waals surface area contributed by atoms with Gasteiger partial charge in [-0.25, -0.2) is 9.55 Å². The van der Waals surface area contributed by atoms with Gasteiger partial charge in [-0.1, -0.05) is 53.7 Å². The maximum absolute atomic E-state index is 11.9. The summed E-state index contributed by atoms with van der Waals surface area (Å²) in [5.41, 5.74) is 3.41. The number of aromatic hydroxyl groups is 1. The second kappa shape index (κ2) is 9.67. The molecule has 0 aliphatic rings. The third kappa shape index (κ3) is 6.01.